The normalized spacial score (nSPS) is 15.6. The molecule has 3 amide bonds. The van der Waals surface area contributed by atoms with Gasteiger partial charge in [-0.25, -0.2) is 13.2 Å². The fraction of sp³-hybridized carbons (Fsp3) is 0.368. The minimum absolute atomic E-state index is 0.145. The number of sulfonamides is 1. The molecule has 0 aliphatic carbocycles. The molecule has 0 saturated carbocycles. The van der Waals surface area contributed by atoms with Crippen LogP contribution in [0.2, 0.25) is 0 Å². The first-order chi connectivity index (χ1) is 13.9. The molecule has 3 N–H and O–H groups in total. The van der Waals surface area contributed by atoms with E-state index >= 15 is 0 Å². The van der Waals surface area contributed by atoms with Crippen molar-refractivity contribution in [1.82, 2.24) is 9.62 Å². The SMILES string of the molecule is CCNC(=O)Nc1cccc(NC(=O)C2CCN(S(=O)(=O)c3cccs3)CC2)c1. The summed E-state index contributed by atoms with van der Waals surface area (Å²) >= 11 is 1.20. The number of nitrogens with one attached hydrogen (secondary N) is 3. The molecule has 3 rings (SSSR count). The third kappa shape index (κ3) is 5.34. The third-order valence-electron chi connectivity index (χ3n) is 4.64. The topological polar surface area (TPSA) is 108 Å². The number of nitrogens with zero attached hydrogens (tertiary/aromatic N) is 1. The van der Waals surface area contributed by atoms with Crippen LogP contribution in [-0.4, -0.2) is 44.3 Å². The van der Waals surface area contributed by atoms with E-state index < -0.39 is 10.0 Å². The molecule has 0 spiro atoms. The highest BCUT2D eigenvalue weighted by atomic mass is 32.2. The highest BCUT2D eigenvalue weighted by Gasteiger charge is 2.32. The lowest BCUT2D eigenvalue weighted by molar-refractivity contribution is -0.120. The van der Waals surface area contributed by atoms with Crippen LogP contribution in [0.1, 0.15) is 19.8 Å². The smallest absolute Gasteiger partial charge is 0.319 e. The number of benzene rings is 1. The van der Waals surface area contributed by atoms with E-state index in [1.165, 1.54) is 15.6 Å². The molecule has 8 nitrogen and oxygen atoms in total. The molecule has 0 atom stereocenters. The van der Waals surface area contributed by atoms with E-state index in [0.29, 0.717) is 48.1 Å². The van der Waals surface area contributed by atoms with Gasteiger partial charge in [0.15, 0.2) is 0 Å². The highest BCUT2D eigenvalue weighted by molar-refractivity contribution is 7.91. The van der Waals surface area contributed by atoms with E-state index in [0.717, 1.165) is 0 Å². The van der Waals surface area contributed by atoms with Crippen LogP contribution in [0.3, 0.4) is 0 Å². The Balaban J connectivity index is 1.56. The summed E-state index contributed by atoms with van der Waals surface area (Å²) in [5.74, 6) is -0.405. The molecule has 1 saturated heterocycles. The quantitative estimate of drug-likeness (QED) is 0.647. The minimum atomic E-state index is -3.47. The molecule has 1 aliphatic heterocycles. The lowest BCUT2D eigenvalue weighted by Crippen LogP contribution is -2.41. The van der Waals surface area contributed by atoms with Crippen LogP contribution < -0.4 is 16.0 Å². The third-order valence-corrected chi connectivity index (χ3v) is 7.91. The number of hydrogen-bond acceptors (Lipinski definition) is 5. The number of hydrogen-bond donors (Lipinski definition) is 3. The molecule has 0 bridgehead atoms. The van der Waals surface area contributed by atoms with Crippen molar-refractivity contribution < 1.29 is 18.0 Å². The Labute approximate surface area is 174 Å². The van der Waals surface area contributed by atoms with Crippen molar-refractivity contribution in [3.05, 3.63) is 41.8 Å². The van der Waals surface area contributed by atoms with Gasteiger partial charge in [-0.3, -0.25) is 4.79 Å². The largest absolute Gasteiger partial charge is 0.338 e. The predicted molar refractivity (Wildman–Crippen MR) is 114 cm³/mol. The summed E-state index contributed by atoms with van der Waals surface area (Å²) in [7, 11) is -3.47. The molecule has 2 aromatic rings. The lowest BCUT2D eigenvalue weighted by Gasteiger charge is -2.30. The van der Waals surface area contributed by atoms with Crippen LogP contribution in [-0.2, 0) is 14.8 Å². The van der Waals surface area contributed by atoms with Gasteiger partial charge in [-0.05, 0) is 49.4 Å². The number of thiophene rings is 1. The van der Waals surface area contributed by atoms with Crippen LogP contribution in [0.5, 0.6) is 0 Å². The molecule has 2 heterocycles. The standard InChI is InChI=1S/C19H24N4O4S2/c1-2-20-19(25)22-16-6-3-5-15(13-16)21-18(24)14-8-10-23(11-9-14)29(26,27)17-7-4-12-28-17/h3-7,12-14H,2,8-11H2,1H3,(H,21,24)(H2,20,22,25). The monoisotopic (exact) mass is 436 g/mol. The summed E-state index contributed by atoms with van der Waals surface area (Å²) in [5, 5.41) is 9.94. The second-order valence-corrected chi connectivity index (χ2v) is 9.78. The molecule has 1 fully saturated rings. The van der Waals surface area contributed by atoms with E-state index in [2.05, 4.69) is 16.0 Å². The minimum Gasteiger partial charge on any atom is -0.338 e. The Hall–Kier alpha value is -2.43. The van der Waals surface area contributed by atoms with Gasteiger partial charge >= 0.3 is 6.03 Å². The first-order valence-corrected chi connectivity index (χ1v) is 11.7. The van der Waals surface area contributed by atoms with Crippen molar-refractivity contribution in [3.8, 4) is 0 Å². The van der Waals surface area contributed by atoms with Gasteiger partial charge in [-0.2, -0.15) is 4.31 Å². The first kappa shape index (κ1) is 21.3. The van der Waals surface area contributed by atoms with Crippen LogP contribution >= 0.6 is 11.3 Å². The zero-order valence-electron chi connectivity index (χ0n) is 16.1. The zero-order chi connectivity index (χ0) is 20.9. The van der Waals surface area contributed by atoms with E-state index in [1.54, 1.807) is 41.8 Å². The molecule has 156 valence electrons. The van der Waals surface area contributed by atoms with Gasteiger partial charge in [-0.1, -0.05) is 12.1 Å². The van der Waals surface area contributed by atoms with Crippen LogP contribution in [0.25, 0.3) is 0 Å². The van der Waals surface area contributed by atoms with Crippen molar-refractivity contribution >= 4 is 44.7 Å². The summed E-state index contributed by atoms with van der Waals surface area (Å²) in [6.45, 7) is 2.98. The van der Waals surface area contributed by atoms with Gasteiger partial charge in [-0.15, -0.1) is 11.3 Å². The van der Waals surface area contributed by atoms with E-state index in [1.807, 2.05) is 6.92 Å². The maximum atomic E-state index is 12.6. The number of rotatable bonds is 6. The number of anilines is 2. The Morgan fingerprint density at radius 2 is 1.79 bits per heavy atom. The molecule has 0 unspecified atom stereocenters. The highest BCUT2D eigenvalue weighted by Crippen LogP contribution is 2.27. The molecule has 10 heteroatoms. The Kier molecular flexibility index (Phi) is 6.88. The second kappa shape index (κ2) is 9.38. The van der Waals surface area contributed by atoms with Crippen molar-refractivity contribution in [1.29, 1.82) is 0 Å². The first-order valence-electron chi connectivity index (χ1n) is 9.39. The second-order valence-electron chi connectivity index (χ2n) is 6.66. The Morgan fingerprint density at radius 1 is 1.10 bits per heavy atom. The van der Waals surface area contributed by atoms with E-state index in [9.17, 15) is 18.0 Å². The van der Waals surface area contributed by atoms with E-state index in [-0.39, 0.29) is 17.9 Å². The van der Waals surface area contributed by atoms with Gasteiger partial charge in [0.05, 0.1) is 0 Å². The van der Waals surface area contributed by atoms with Gasteiger partial charge in [0.1, 0.15) is 4.21 Å². The van der Waals surface area contributed by atoms with Gasteiger partial charge < -0.3 is 16.0 Å². The summed E-state index contributed by atoms with van der Waals surface area (Å²) in [6, 6.07) is 9.91. The van der Waals surface area contributed by atoms with Gasteiger partial charge in [0.25, 0.3) is 10.0 Å². The maximum Gasteiger partial charge on any atom is 0.319 e. The van der Waals surface area contributed by atoms with Crippen molar-refractivity contribution in [3.63, 3.8) is 0 Å². The summed E-state index contributed by atoms with van der Waals surface area (Å²) in [5.41, 5.74) is 1.16. The summed E-state index contributed by atoms with van der Waals surface area (Å²) in [4.78, 5) is 24.2. The number of carbonyl (C=O) groups is 2. The fourth-order valence-electron chi connectivity index (χ4n) is 3.15. The fourth-order valence-corrected chi connectivity index (χ4v) is 5.76. The van der Waals surface area contributed by atoms with Gasteiger partial charge in [0.2, 0.25) is 5.91 Å². The van der Waals surface area contributed by atoms with Crippen molar-refractivity contribution in [2.75, 3.05) is 30.3 Å². The lowest BCUT2D eigenvalue weighted by atomic mass is 9.97. The number of amides is 3. The average Bonchev–Trinajstić information content (AvgIpc) is 3.24. The van der Waals surface area contributed by atoms with Crippen LogP contribution in [0, 0.1) is 5.92 Å². The molecule has 1 aliphatic rings. The van der Waals surface area contributed by atoms with Crippen molar-refractivity contribution in [2.24, 2.45) is 5.92 Å². The molecular weight excluding hydrogens is 412 g/mol. The number of carbonyl (C=O) groups excluding carboxylic acids is 2. The zero-order valence-corrected chi connectivity index (χ0v) is 17.7. The Morgan fingerprint density at radius 3 is 2.41 bits per heavy atom. The number of piperidine rings is 1. The van der Waals surface area contributed by atoms with Gasteiger partial charge in [0, 0.05) is 36.9 Å². The van der Waals surface area contributed by atoms with Crippen LogP contribution in [0.15, 0.2) is 46.0 Å². The molecule has 29 heavy (non-hydrogen) atoms. The van der Waals surface area contributed by atoms with E-state index in [4.69, 9.17) is 0 Å². The predicted octanol–water partition coefficient (Wildman–Crippen LogP) is 2.93. The average molecular weight is 437 g/mol. The number of urea groups is 1. The molecule has 1 aromatic carbocycles. The molecule has 0 radical (unpaired) electrons. The summed E-state index contributed by atoms with van der Waals surface area (Å²) in [6.07, 6.45) is 0.931. The molecule has 1 aromatic heterocycles. The Bertz CT molecular complexity index is 952. The van der Waals surface area contributed by atoms with Crippen molar-refractivity contribution in [2.45, 2.75) is 24.0 Å². The maximum absolute atomic E-state index is 12.6. The molecular formula is C19H24N4O4S2. The van der Waals surface area contributed by atoms with Crippen LogP contribution in [0.4, 0.5) is 16.2 Å². The summed E-state index contributed by atoms with van der Waals surface area (Å²) < 4.78 is 26.9.